The molecule has 0 spiro atoms. The van der Waals surface area contributed by atoms with Crippen LogP contribution in [0.3, 0.4) is 0 Å². The molecule has 1 unspecified atom stereocenters. The molecule has 68 valence electrons. The van der Waals surface area contributed by atoms with Crippen LogP contribution in [0.25, 0.3) is 0 Å². The van der Waals surface area contributed by atoms with Gasteiger partial charge in [0.05, 0.1) is 0 Å². The van der Waals surface area contributed by atoms with Crippen LogP contribution in [-0.4, -0.2) is 0 Å². The Bertz CT molecular complexity index is 351. The van der Waals surface area contributed by atoms with Crippen LogP contribution >= 0.6 is 15.9 Å². The van der Waals surface area contributed by atoms with E-state index in [-0.39, 0.29) is 0 Å². The summed E-state index contributed by atoms with van der Waals surface area (Å²) in [4.78, 5) is 0. The highest BCUT2D eigenvalue weighted by molar-refractivity contribution is 9.10. The highest BCUT2D eigenvalue weighted by atomic mass is 79.9. The number of ether oxygens (including phenoxy) is 2. The Balaban J connectivity index is 2.23. The smallest absolute Gasteiger partial charge is 0.269 e. The molecule has 0 fully saturated rings. The minimum Gasteiger partial charge on any atom is -0.453 e. The zero-order valence-electron chi connectivity index (χ0n) is 6.74. The summed E-state index contributed by atoms with van der Waals surface area (Å²) in [6, 6.07) is 7.69. The van der Waals surface area contributed by atoms with Crippen molar-refractivity contribution in [2.45, 2.75) is 6.29 Å². The van der Waals surface area contributed by atoms with Crippen molar-refractivity contribution in [3.05, 3.63) is 46.4 Å². The molecule has 1 aromatic rings. The van der Waals surface area contributed by atoms with Gasteiger partial charge in [0.1, 0.15) is 6.26 Å². The van der Waals surface area contributed by atoms with Crippen molar-refractivity contribution < 1.29 is 9.47 Å². The van der Waals surface area contributed by atoms with E-state index in [0.29, 0.717) is 5.88 Å². The second-order valence-electron chi connectivity index (χ2n) is 2.63. The number of halogens is 1. The summed E-state index contributed by atoms with van der Waals surface area (Å²) >= 11 is 3.40. The Kier molecular flexibility index (Phi) is 2.14. The summed E-state index contributed by atoms with van der Waals surface area (Å²) in [5.74, 6) is 0.306. The highest BCUT2D eigenvalue weighted by Crippen LogP contribution is 2.31. The van der Waals surface area contributed by atoms with Crippen LogP contribution in [-0.2, 0) is 9.47 Å². The maximum absolute atomic E-state index is 5.41. The van der Waals surface area contributed by atoms with Gasteiger partial charge < -0.3 is 15.2 Å². The van der Waals surface area contributed by atoms with E-state index in [1.54, 1.807) is 0 Å². The Labute approximate surface area is 84.3 Å². The van der Waals surface area contributed by atoms with Gasteiger partial charge in [-0.25, -0.2) is 0 Å². The molecule has 1 atom stereocenters. The highest BCUT2D eigenvalue weighted by Gasteiger charge is 2.21. The van der Waals surface area contributed by atoms with Crippen LogP contribution in [0.5, 0.6) is 0 Å². The van der Waals surface area contributed by atoms with E-state index in [4.69, 9.17) is 15.2 Å². The molecule has 1 heterocycles. The van der Waals surface area contributed by atoms with Gasteiger partial charge in [-0.3, -0.25) is 0 Å². The minimum atomic E-state index is -0.421. The van der Waals surface area contributed by atoms with Gasteiger partial charge in [0.25, 0.3) is 6.29 Å². The average Bonchev–Trinajstić information content (AvgIpc) is 2.53. The average molecular weight is 242 g/mol. The maximum Gasteiger partial charge on any atom is 0.269 e. The van der Waals surface area contributed by atoms with E-state index in [1.165, 1.54) is 6.26 Å². The summed E-state index contributed by atoms with van der Waals surface area (Å²) in [6.07, 6.45) is 0.986. The largest absolute Gasteiger partial charge is 0.453 e. The SMILES string of the molecule is NC1=COC(c2ccccc2Br)O1. The van der Waals surface area contributed by atoms with E-state index < -0.39 is 6.29 Å². The van der Waals surface area contributed by atoms with Gasteiger partial charge in [0, 0.05) is 10.0 Å². The molecule has 1 aliphatic rings. The molecule has 0 aromatic heterocycles. The number of benzene rings is 1. The minimum absolute atomic E-state index is 0.306. The van der Waals surface area contributed by atoms with E-state index in [9.17, 15) is 0 Å². The van der Waals surface area contributed by atoms with Gasteiger partial charge in [-0.1, -0.05) is 34.1 Å². The maximum atomic E-state index is 5.41. The third kappa shape index (κ3) is 1.62. The monoisotopic (exact) mass is 241 g/mol. The molecule has 0 saturated carbocycles. The first kappa shape index (κ1) is 8.44. The Morgan fingerprint density at radius 2 is 2.08 bits per heavy atom. The molecule has 2 N–H and O–H groups in total. The van der Waals surface area contributed by atoms with Gasteiger partial charge in [0.2, 0.25) is 5.88 Å². The van der Waals surface area contributed by atoms with Gasteiger partial charge in [-0.2, -0.15) is 0 Å². The van der Waals surface area contributed by atoms with Crippen LogP contribution in [0.15, 0.2) is 40.9 Å². The van der Waals surface area contributed by atoms with Crippen molar-refractivity contribution >= 4 is 15.9 Å². The van der Waals surface area contributed by atoms with Crippen LogP contribution < -0.4 is 5.73 Å². The summed E-state index contributed by atoms with van der Waals surface area (Å²) in [6.45, 7) is 0. The summed E-state index contributed by atoms with van der Waals surface area (Å²) in [5, 5.41) is 0. The standard InChI is InChI=1S/C9H8BrNO2/c10-7-4-2-1-3-6(7)9-12-5-8(11)13-9/h1-5,9H,11H2. The predicted octanol–water partition coefficient (Wildman–Crippen LogP) is 2.25. The van der Waals surface area contributed by atoms with Crippen molar-refractivity contribution in [2.75, 3.05) is 0 Å². The molecule has 1 aliphatic heterocycles. The predicted molar refractivity (Wildman–Crippen MR) is 51.3 cm³/mol. The van der Waals surface area contributed by atoms with Crippen molar-refractivity contribution in [3.63, 3.8) is 0 Å². The molecule has 0 saturated heterocycles. The van der Waals surface area contributed by atoms with Crippen LogP contribution in [0.4, 0.5) is 0 Å². The second kappa shape index (κ2) is 3.30. The lowest BCUT2D eigenvalue weighted by Crippen LogP contribution is -2.03. The topological polar surface area (TPSA) is 44.5 Å². The molecule has 2 rings (SSSR count). The van der Waals surface area contributed by atoms with Crippen molar-refractivity contribution in [3.8, 4) is 0 Å². The van der Waals surface area contributed by atoms with E-state index in [0.717, 1.165) is 10.0 Å². The molecular formula is C9H8BrNO2. The van der Waals surface area contributed by atoms with Crippen LogP contribution in [0, 0.1) is 0 Å². The van der Waals surface area contributed by atoms with E-state index in [1.807, 2.05) is 24.3 Å². The zero-order valence-corrected chi connectivity index (χ0v) is 8.32. The first-order chi connectivity index (χ1) is 6.27. The molecule has 0 radical (unpaired) electrons. The summed E-state index contributed by atoms with van der Waals surface area (Å²) < 4.78 is 11.4. The molecular weight excluding hydrogens is 234 g/mol. The second-order valence-corrected chi connectivity index (χ2v) is 3.48. The fraction of sp³-hybridized carbons (Fsp3) is 0.111. The van der Waals surface area contributed by atoms with Crippen LogP contribution in [0.1, 0.15) is 11.9 Å². The van der Waals surface area contributed by atoms with Gasteiger partial charge in [-0.15, -0.1) is 0 Å². The van der Waals surface area contributed by atoms with Gasteiger partial charge in [-0.05, 0) is 6.07 Å². The summed E-state index contributed by atoms with van der Waals surface area (Å²) in [7, 11) is 0. The third-order valence-corrected chi connectivity index (χ3v) is 2.43. The lowest BCUT2D eigenvalue weighted by atomic mass is 10.2. The lowest BCUT2D eigenvalue weighted by Gasteiger charge is -2.12. The Morgan fingerprint density at radius 1 is 1.31 bits per heavy atom. The molecule has 13 heavy (non-hydrogen) atoms. The van der Waals surface area contributed by atoms with Crippen molar-refractivity contribution in [1.29, 1.82) is 0 Å². The normalized spacial score (nSPS) is 20.4. The number of hydrogen-bond donors (Lipinski definition) is 1. The quantitative estimate of drug-likeness (QED) is 0.821. The van der Waals surface area contributed by atoms with Crippen molar-refractivity contribution in [2.24, 2.45) is 5.73 Å². The molecule has 4 heteroatoms. The molecule has 0 amide bonds. The first-order valence-electron chi connectivity index (χ1n) is 3.79. The zero-order chi connectivity index (χ0) is 9.26. The molecule has 1 aromatic carbocycles. The molecule has 0 aliphatic carbocycles. The van der Waals surface area contributed by atoms with E-state index >= 15 is 0 Å². The first-order valence-corrected chi connectivity index (χ1v) is 4.59. The van der Waals surface area contributed by atoms with Gasteiger partial charge in [0.15, 0.2) is 0 Å². The fourth-order valence-electron chi connectivity index (χ4n) is 1.11. The molecule has 3 nitrogen and oxygen atoms in total. The molecule has 0 bridgehead atoms. The van der Waals surface area contributed by atoms with E-state index in [2.05, 4.69) is 15.9 Å². The summed E-state index contributed by atoms with van der Waals surface area (Å²) in [5.41, 5.74) is 6.34. The van der Waals surface area contributed by atoms with Gasteiger partial charge >= 0.3 is 0 Å². The fourth-order valence-corrected chi connectivity index (χ4v) is 1.58. The third-order valence-electron chi connectivity index (χ3n) is 1.71. The lowest BCUT2D eigenvalue weighted by molar-refractivity contribution is -0.0347. The van der Waals surface area contributed by atoms with Crippen molar-refractivity contribution in [1.82, 2.24) is 0 Å². The van der Waals surface area contributed by atoms with Crippen LogP contribution in [0.2, 0.25) is 0 Å². The Morgan fingerprint density at radius 3 is 2.69 bits per heavy atom. The number of rotatable bonds is 1. The number of nitrogens with two attached hydrogens (primary N) is 1. The number of hydrogen-bond acceptors (Lipinski definition) is 3. The Hall–Kier alpha value is -1.16.